The fraction of sp³-hybridized carbons (Fsp3) is 0.190. The lowest BCUT2D eigenvalue weighted by Crippen LogP contribution is -2.22. The molecule has 0 aliphatic carbocycles. The number of carbonyl (C=O) groups excluding carboxylic acids is 1. The quantitative estimate of drug-likeness (QED) is 0.414. The van der Waals surface area contributed by atoms with Crippen molar-refractivity contribution in [2.75, 3.05) is 12.0 Å². The van der Waals surface area contributed by atoms with Crippen molar-refractivity contribution in [1.82, 2.24) is 4.98 Å². The molecule has 1 N–H and O–H groups in total. The number of ether oxygens (including phenoxy) is 1. The molecule has 0 atom stereocenters. The zero-order chi connectivity index (χ0) is 18.4. The number of rotatable bonds is 6. The lowest BCUT2D eigenvalue weighted by atomic mass is 10.1. The van der Waals surface area contributed by atoms with Crippen LogP contribution in [0.5, 0.6) is 0 Å². The van der Waals surface area contributed by atoms with Gasteiger partial charge in [-0.15, -0.1) is 0 Å². The van der Waals surface area contributed by atoms with E-state index in [1.807, 2.05) is 67.6 Å². The lowest BCUT2D eigenvalue weighted by molar-refractivity contribution is -0.135. The summed E-state index contributed by atoms with van der Waals surface area (Å²) in [6.07, 6.45) is 0.294. The molecule has 132 valence electrons. The van der Waals surface area contributed by atoms with Gasteiger partial charge in [-0.25, -0.2) is 4.79 Å². The summed E-state index contributed by atoms with van der Waals surface area (Å²) in [5, 5.41) is 5.33. The van der Waals surface area contributed by atoms with Crippen LogP contribution in [-0.2, 0) is 16.0 Å². The van der Waals surface area contributed by atoms with Gasteiger partial charge in [-0.05, 0) is 38.1 Å². The van der Waals surface area contributed by atoms with E-state index in [-0.39, 0.29) is 5.71 Å². The third-order valence-corrected chi connectivity index (χ3v) is 3.89. The highest BCUT2D eigenvalue weighted by Gasteiger charge is 2.15. The van der Waals surface area contributed by atoms with Crippen LogP contribution >= 0.6 is 0 Å². The van der Waals surface area contributed by atoms with E-state index in [1.54, 1.807) is 6.92 Å². The Morgan fingerprint density at radius 2 is 1.85 bits per heavy atom. The summed E-state index contributed by atoms with van der Waals surface area (Å²) in [7, 11) is 0. The van der Waals surface area contributed by atoms with Gasteiger partial charge in [-0.1, -0.05) is 42.0 Å². The van der Waals surface area contributed by atoms with E-state index in [2.05, 4.69) is 15.5 Å². The maximum absolute atomic E-state index is 12.3. The molecule has 0 bridgehead atoms. The van der Waals surface area contributed by atoms with Gasteiger partial charge in [0.15, 0.2) is 5.71 Å². The fourth-order valence-corrected chi connectivity index (χ4v) is 2.51. The molecule has 0 spiro atoms. The van der Waals surface area contributed by atoms with Crippen LogP contribution in [0.4, 0.5) is 5.69 Å². The van der Waals surface area contributed by atoms with Crippen LogP contribution < -0.4 is 5.43 Å². The molecule has 0 saturated heterocycles. The molecule has 0 radical (unpaired) electrons. The van der Waals surface area contributed by atoms with Crippen molar-refractivity contribution in [3.05, 3.63) is 71.9 Å². The van der Waals surface area contributed by atoms with Gasteiger partial charge in [0.05, 0.1) is 17.8 Å². The number of anilines is 1. The van der Waals surface area contributed by atoms with Gasteiger partial charge < -0.3 is 4.74 Å². The molecule has 0 amide bonds. The summed E-state index contributed by atoms with van der Waals surface area (Å²) in [4.78, 5) is 16.9. The summed E-state index contributed by atoms with van der Waals surface area (Å²) in [6, 6.07) is 19.6. The van der Waals surface area contributed by atoms with Crippen LogP contribution in [0, 0.1) is 6.92 Å². The Bertz CT molecular complexity index is 933. The molecule has 3 aromatic rings. The molecule has 2 aromatic carbocycles. The minimum absolute atomic E-state index is 0.287. The van der Waals surface area contributed by atoms with Crippen molar-refractivity contribution < 1.29 is 9.53 Å². The average molecular weight is 347 g/mol. The zero-order valence-electron chi connectivity index (χ0n) is 14.9. The van der Waals surface area contributed by atoms with Gasteiger partial charge in [-0.2, -0.15) is 5.10 Å². The number of carbonyl (C=O) groups is 1. The molecule has 0 fully saturated rings. The molecule has 0 saturated carbocycles. The number of nitrogens with one attached hydrogen (secondary N) is 1. The van der Waals surface area contributed by atoms with Crippen molar-refractivity contribution in [2.45, 2.75) is 20.3 Å². The van der Waals surface area contributed by atoms with Crippen LogP contribution in [0.2, 0.25) is 0 Å². The summed E-state index contributed by atoms with van der Waals surface area (Å²) in [5.41, 5.74) is 6.84. The highest BCUT2D eigenvalue weighted by Crippen LogP contribution is 2.13. The number of hydrogen-bond donors (Lipinski definition) is 1. The van der Waals surface area contributed by atoms with Gasteiger partial charge in [0.25, 0.3) is 0 Å². The van der Waals surface area contributed by atoms with E-state index >= 15 is 0 Å². The molecule has 0 aliphatic rings. The summed E-state index contributed by atoms with van der Waals surface area (Å²) >= 11 is 0. The molecular weight excluding hydrogens is 326 g/mol. The Balaban J connectivity index is 1.83. The third-order valence-electron chi connectivity index (χ3n) is 3.89. The molecule has 1 aromatic heterocycles. The van der Waals surface area contributed by atoms with Crippen molar-refractivity contribution in [2.24, 2.45) is 5.10 Å². The Kier molecular flexibility index (Phi) is 5.59. The number of benzene rings is 2. The van der Waals surface area contributed by atoms with Gasteiger partial charge in [0.1, 0.15) is 0 Å². The lowest BCUT2D eigenvalue weighted by Gasteiger charge is -2.08. The number of pyridine rings is 1. The second kappa shape index (κ2) is 8.25. The molecular formula is C21H21N3O2. The van der Waals surface area contributed by atoms with Crippen LogP contribution in [-0.4, -0.2) is 23.3 Å². The largest absolute Gasteiger partial charge is 0.461 e. The van der Waals surface area contributed by atoms with Crippen LogP contribution in [0.3, 0.4) is 0 Å². The third kappa shape index (κ3) is 4.45. The Labute approximate surface area is 152 Å². The van der Waals surface area contributed by atoms with E-state index in [4.69, 9.17) is 4.74 Å². The van der Waals surface area contributed by atoms with E-state index in [1.165, 1.54) is 0 Å². The number of para-hydroxylation sites is 1. The van der Waals surface area contributed by atoms with Gasteiger partial charge in [0, 0.05) is 17.5 Å². The minimum atomic E-state index is -0.443. The highest BCUT2D eigenvalue weighted by atomic mass is 16.5. The first-order valence-electron chi connectivity index (χ1n) is 8.56. The number of aromatic nitrogens is 1. The first-order valence-corrected chi connectivity index (χ1v) is 8.56. The maximum atomic E-state index is 12.3. The monoisotopic (exact) mass is 347 g/mol. The van der Waals surface area contributed by atoms with E-state index in [0.29, 0.717) is 13.0 Å². The summed E-state index contributed by atoms with van der Waals surface area (Å²) in [6.45, 7) is 4.09. The fourth-order valence-electron chi connectivity index (χ4n) is 2.51. The first kappa shape index (κ1) is 17.6. The molecule has 0 aliphatic heterocycles. The smallest absolute Gasteiger partial charge is 0.354 e. The number of hydrazone groups is 1. The summed E-state index contributed by atoms with van der Waals surface area (Å²) < 4.78 is 5.13. The maximum Gasteiger partial charge on any atom is 0.354 e. The normalized spacial score (nSPS) is 11.4. The number of esters is 1. The zero-order valence-corrected chi connectivity index (χ0v) is 14.9. The van der Waals surface area contributed by atoms with Crippen molar-refractivity contribution >= 4 is 28.3 Å². The molecule has 1 heterocycles. The predicted octanol–water partition coefficient (Wildman–Crippen LogP) is 4.12. The van der Waals surface area contributed by atoms with Crippen LogP contribution in [0.1, 0.15) is 18.2 Å². The SMILES string of the molecule is CCOC(=O)/C(Cc1ccc2ccccc2n1)=N\Nc1ccc(C)cc1. The second-order valence-corrected chi connectivity index (χ2v) is 5.93. The number of fused-ring (bicyclic) bond motifs is 1. The highest BCUT2D eigenvalue weighted by molar-refractivity contribution is 6.37. The van der Waals surface area contributed by atoms with Crippen molar-refractivity contribution in [3.63, 3.8) is 0 Å². The number of aryl methyl sites for hydroxylation is 1. The van der Waals surface area contributed by atoms with Crippen molar-refractivity contribution in [1.29, 1.82) is 0 Å². The van der Waals surface area contributed by atoms with Gasteiger partial charge in [0.2, 0.25) is 0 Å². The van der Waals surface area contributed by atoms with Crippen LogP contribution in [0.25, 0.3) is 10.9 Å². The standard InChI is InChI=1S/C21H21N3O2/c1-3-26-21(25)20(24-23-17-11-8-15(2)9-12-17)14-18-13-10-16-6-4-5-7-19(16)22-18/h4-13,23H,3,14H2,1-2H3/b24-20-. The Morgan fingerprint density at radius 1 is 1.08 bits per heavy atom. The molecule has 26 heavy (non-hydrogen) atoms. The molecule has 3 rings (SSSR count). The minimum Gasteiger partial charge on any atom is -0.461 e. The van der Waals surface area contributed by atoms with E-state index < -0.39 is 5.97 Å². The second-order valence-electron chi connectivity index (χ2n) is 5.93. The molecule has 0 unspecified atom stereocenters. The topological polar surface area (TPSA) is 63.6 Å². The van der Waals surface area contributed by atoms with Gasteiger partial charge in [-0.3, -0.25) is 10.4 Å². The predicted molar refractivity (Wildman–Crippen MR) is 104 cm³/mol. The number of nitrogens with zero attached hydrogens (tertiary/aromatic N) is 2. The first-order chi connectivity index (χ1) is 12.7. The van der Waals surface area contributed by atoms with E-state index in [9.17, 15) is 4.79 Å². The van der Waals surface area contributed by atoms with E-state index in [0.717, 1.165) is 27.8 Å². The molecule has 5 nitrogen and oxygen atoms in total. The van der Waals surface area contributed by atoms with Crippen LogP contribution in [0.15, 0.2) is 65.8 Å². The summed E-state index contributed by atoms with van der Waals surface area (Å²) in [5.74, 6) is -0.443. The Morgan fingerprint density at radius 3 is 2.62 bits per heavy atom. The van der Waals surface area contributed by atoms with Crippen molar-refractivity contribution in [3.8, 4) is 0 Å². The number of hydrogen-bond acceptors (Lipinski definition) is 5. The average Bonchev–Trinajstić information content (AvgIpc) is 2.66. The van der Waals surface area contributed by atoms with Gasteiger partial charge >= 0.3 is 5.97 Å². The Hall–Kier alpha value is -3.21. The molecule has 5 heteroatoms.